The SMILES string of the molecule is Cc1ccccc1C(=O)NC(CC(C)C)C(C)(C)C. The van der Waals surface area contributed by atoms with Crippen molar-refractivity contribution in [3.63, 3.8) is 0 Å². The summed E-state index contributed by atoms with van der Waals surface area (Å²) < 4.78 is 0. The molecule has 0 saturated carbocycles. The third-order valence-electron chi connectivity index (χ3n) is 3.45. The van der Waals surface area contributed by atoms with E-state index in [9.17, 15) is 4.79 Å². The van der Waals surface area contributed by atoms with Gasteiger partial charge in [-0.15, -0.1) is 0 Å². The summed E-state index contributed by atoms with van der Waals surface area (Å²) in [6.07, 6.45) is 1.00. The molecule has 1 N–H and O–H groups in total. The Morgan fingerprint density at radius 2 is 1.79 bits per heavy atom. The zero-order valence-electron chi connectivity index (χ0n) is 13.1. The van der Waals surface area contributed by atoms with Gasteiger partial charge in [0.1, 0.15) is 0 Å². The lowest BCUT2D eigenvalue weighted by Crippen LogP contribution is -2.44. The third-order valence-corrected chi connectivity index (χ3v) is 3.45. The van der Waals surface area contributed by atoms with Crippen LogP contribution in [0.3, 0.4) is 0 Å². The lowest BCUT2D eigenvalue weighted by Gasteiger charge is -2.33. The maximum absolute atomic E-state index is 12.4. The Morgan fingerprint density at radius 3 is 2.26 bits per heavy atom. The first kappa shape index (κ1) is 15.7. The molecule has 1 aromatic carbocycles. The maximum Gasteiger partial charge on any atom is 0.251 e. The third kappa shape index (κ3) is 4.70. The van der Waals surface area contributed by atoms with Crippen molar-refractivity contribution >= 4 is 5.91 Å². The van der Waals surface area contributed by atoms with Crippen molar-refractivity contribution < 1.29 is 4.79 Å². The summed E-state index contributed by atoms with van der Waals surface area (Å²) in [6.45, 7) is 12.9. The molecule has 2 heteroatoms. The second kappa shape index (κ2) is 6.23. The van der Waals surface area contributed by atoms with Gasteiger partial charge in [0.25, 0.3) is 5.91 Å². The van der Waals surface area contributed by atoms with Crippen molar-refractivity contribution in [3.05, 3.63) is 35.4 Å². The van der Waals surface area contributed by atoms with E-state index in [4.69, 9.17) is 0 Å². The van der Waals surface area contributed by atoms with Crippen molar-refractivity contribution in [1.82, 2.24) is 5.32 Å². The molecule has 0 saturated heterocycles. The van der Waals surface area contributed by atoms with Crippen LogP contribution in [0, 0.1) is 18.3 Å². The molecule has 0 fully saturated rings. The molecule has 0 aromatic heterocycles. The molecule has 0 spiro atoms. The molecule has 1 aromatic rings. The number of amides is 1. The molecular weight excluding hydrogens is 234 g/mol. The quantitative estimate of drug-likeness (QED) is 0.865. The lowest BCUT2D eigenvalue weighted by molar-refractivity contribution is 0.0890. The van der Waals surface area contributed by atoms with Gasteiger partial charge in [0.05, 0.1) is 0 Å². The Kier molecular flexibility index (Phi) is 5.16. The zero-order valence-corrected chi connectivity index (χ0v) is 13.1. The number of hydrogen-bond acceptors (Lipinski definition) is 1. The second-order valence-corrected chi connectivity index (χ2v) is 6.84. The number of aryl methyl sites for hydroxylation is 1. The minimum atomic E-state index is 0.0404. The van der Waals surface area contributed by atoms with Crippen LogP contribution in [0.2, 0.25) is 0 Å². The standard InChI is InChI=1S/C17H27NO/c1-12(2)11-15(17(4,5)6)18-16(19)14-10-8-7-9-13(14)3/h7-10,12,15H,11H2,1-6H3,(H,18,19). The molecule has 1 atom stereocenters. The van der Waals surface area contributed by atoms with E-state index in [-0.39, 0.29) is 17.4 Å². The predicted molar refractivity (Wildman–Crippen MR) is 81.3 cm³/mol. The van der Waals surface area contributed by atoms with E-state index in [0.717, 1.165) is 17.5 Å². The van der Waals surface area contributed by atoms with E-state index in [1.807, 2.05) is 31.2 Å². The van der Waals surface area contributed by atoms with Crippen LogP contribution in [0.1, 0.15) is 57.0 Å². The molecule has 2 nitrogen and oxygen atoms in total. The highest BCUT2D eigenvalue weighted by Crippen LogP contribution is 2.25. The van der Waals surface area contributed by atoms with E-state index < -0.39 is 0 Å². The number of carbonyl (C=O) groups excluding carboxylic acids is 1. The zero-order chi connectivity index (χ0) is 14.6. The fourth-order valence-electron chi connectivity index (χ4n) is 2.16. The van der Waals surface area contributed by atoms with Crippen molar-refractivity contribution in [2.24, 2.45) is 11.3 Å². The molecule has 0 bridgehead atoms. The highest BCUT2D eigenvalue weighted by atomic mass is 16.1. The normalized spacial score (nSPS) is 13.4. The highest BCUT2D eigenvalue weighted by Gasteiger charge is 2.27. The monoisotopic (exact) mass is 261 g/mol. The van der Waals surface area contributed by atoms with Crippen molar-refractivity contribution in [2.75, 3.05) is 0 Å². The largest absolute Gasteiger partial charge is 0.349 e. The van der Waals surface area contributed by atoms with Crippen LogP contribution in [0.5, 0.6) is 0 Å². The molecule has 1 rings (SSSR count). The molecular formula is C17H27NO. The molecule has 19 heavy (non-hydrogen) atoms. The molecule has 0 aliphatic carbocycles. The van der Waals surface area contributed by atoms with Gasteiger partial charge in [-0.05, 0) is 36.3 Å². The Labute approximate surface area is 117 Å². The van der Waals surface area contributed by atoms with E-state index >= 15 is 0 Å². The summed E-state index contributed by atoms with van der Waals surface area (Å²) in [7, 11) is 0. The van der Waals surface area contributed by atoms with Gasteiger partial charge in [0, 0.05) is 11.6 Å². The first-order valence-corrected chi connectivity index (χ1v) is 7.08. The van der Waals surface area contributed by atoms with Crippen LogP contribution in [0.15, 0.2) is 24.3 Å². The van der Waals surface area contributed by atoms with Gasteiger partial charge in [-0.25, -0.2) is 0 Å². The van der Waals surface area contributed by atoms with Gasteiger partial charge in [-0.3, -0.25) is 4.79 Å². The van der Waals surface area contributed by atoms with Crippen LogP contribution >= 0.6 is 0 Å². The molecule has 0 radical (unpaired) electrons. The first-order valence-electron chi connectivity index (χ1n) is 7.08. The van der Waals surface area contributed by atoms with Crippen LogP contribution < -0.4 is 5.32 Å². The van der Waals surface area contributed by atoms with Gasteiger partial charge in [0.2, 0.25) is 0 Å². The average molecular weight is 261 g/mol. The number of benzene rings is 1. The van der Waals surface area contributed by atoms with Gasteiger partial charge in [0.15, 0.2) is 0 Å². The average Bonchev–Trinajstić information content (AvgIpc) is 2.26. The fraction of sp³-hybridized carbons (Fsp3) is 0.588. The molecule has 106 valence electrons. The minimum absolute atomic E-state index is 0.0404. The predicted octanol–water partition coefficient (Wildman–Crippen LogP) is 4.19. The second-order valence-electron chi connectivity index (χ2n) is 6.84. The molecule has 0 aliphatic rings. The lowest BCUT2D eigenvalue weighted by atomic mass is 9.82. The highest BCUT2D eigenvalue weighted by molar-refractivity contribution is 5.95. The van der Waals surface area contributed by atoms with E-state index in [1.54, 1.807) is 0 Å². The summed E-state index contributed by atoms with van der Waals surface area (Å²) in [5.41, 5.74) is 1.88. The Morgan fingerprint density at radius 1 is 1.21 bits per heavy atom. The first-order chi connectivity index (χ1) is 8.71. The number of hydrogen-bond donors (Lipinski definition) is 1. The van der Waals surface area contributed by atoms with Gasteiger partial charge in [-0.2, -0.15) is 0 Å². The number of nitrogens with one attached hydrogen (secondary N) is 1. The summed E-state index contributed by atoms with van der Waals surface area (Å²) in [5, 5.41) is 3.21. The van der Waals surface area contributed by atoms with Crippen molar-refractivity contribution in [1.29, 1.82) is 0 Å². The van der Waals surface area contributed by atoms with Gasteiger partial charge >= 0.3 is 0 Å². The van der Waals surface area contributed by atoms with E-state index in [0.29, 0.717) is 5.92 Å². The Bertz CT molecular complexity index is 429. The molecule has 1 unspecified atom stereocenters. The van der Waals surface area contributed by atoms with E-state index in [1.165, 1.54) is 0 Å². The number of carbonyl (C=O) groups is 1. The maximum atomic E-state index is 12.4. The summed E-state index contributed by atoms with van der Waals surface area (Å²) in [4.78, 5) is 12.4. The van der Waals surface area contributed by atoms with Crippen molar-refractivity contribution in [2.45, 2.75) is 54.0 Å². The van der Waals surface area contributed by atoms with Crippen LogP contribution in [-0.2, 0) is 0 Å². The van der Waals surface area contributed by atoms with Crippen LogP contribution in [0.25, 0.3) is 0 Å². The van der Waals surface area contributed by atoms with Crippen LogP contribution in [-0.4, -0.2) is 11.9 Å². The summed E-state index contributed by atoms with van der Waals surface area (Å²) >= 11 is 0. The Hall–Kier alpha value is -1.31. The number of rotatable bonds is 4. The minimum Gasteiger partial charge on any atom is -0.349 e. The van der Waals surface area contributed by atoms with Gasteiger partial charge in [-0.1, -0.05) is 52.8 Å². The molecule has 1 amide bonds. The topological polar surface area (TPSA) is 29.1 Å². The molecule has 0 heterocycles. The fourth-order valence-corrected chi connectivity index (χ4v) is 2.16. The Balaban J connectivity index is 2.86. The van der Waals surface area contributed by atoms with Crippen LogP contribution in [0.4, 0.5) is 0 Å². The summed E-state index contributed by atoms with van der Waals surface area (Å²) in [5.74, 6) is 0.611. The summed E-state index contributed by atoms with van der Waals surface area (Å²) in [6, 6.07) is 7.93. The molecule has 0 aliphatic heterocycles. The van der Waals surface area contributed by atoms with Gasteiger partial charge < -0.3 is 5.32 Å². The van der Waals surface area contributed by atoms with Crippen molar-refractivity contribution in [3.8, 4) is 0 Å². The smallest absolute Gasteiger partial charge is 0.251 e. The van der Waals surface area contributed by atoms with E-state index in [2.05, 4.69) is 39.9 Å².